The summed E-state index contributed by atoms with van der Waals surface area (Å²) in [5, 5.41) is 14.7. The second-order valence-electron chi connectivity index (χ2n) is 2.55. The van der Waals surface area contributed by atoms with Gasteiger partial charge in [-0.2, -0.15) is 0 Å². The number of hydrogen-bond acceptors (Lipinski definition) is 4. The van der Waals surface area contributed by atoms with Crippen LogP contribution in [0.25, 0.3) is 11.4 Å². The molecule has 0 spiro atoms. The lowest BCUT2D eigenvalue weighted by atomic mass is 10.2. The van der Waals surface area contributed by atoms with E-state index in [1.807, 2.05) is 0 Å². The molecule has 0 fully saturated rings. The van der Waals surface area contributed by atoms with Gasteiger partial charge in [0.1, 0.15) is 0 Å². The molecule has 0 bridgehead atoms. The largest absolute Gasteiger partial charge is 0.475 e. The van der Waals surface area contributed by atoms with Gasteiger partial charge in [0.15, 0.2) is 5.82 Å². The minimum Gasteiger partial charge on any atom is -0.475 e. The van der Waals surface area contributed by atoms with Crippen molar-refractivity contribution in [2.75, 3.05) is 0 Å². The molecule has 0 radical (unpaired) electrons. The van der Waals surface area contributed by atoms with Gasteiger partial charge in [-0.15, -0.1) is 5.10 Å². The van der Waals surface area contributed by atoms with Gasteiger partial charge < -0.3 is 5.11 Å². The molecule has 0 saturated heterocycles. The molecule has 2 rings (SSSR count). The summed E-state index contributed by atoms with van der Waals surface area (Å²) in [7, 11) is 0. The molecule has 6 heteroatoms. The van der Waals surface area contributed by atoms with Crippen LogP contribution in [0.3, 0.4) is 0 Å². The zero-order valence-electron chi connectivity index (χ0n) is 7.01. The second kappa shape index (κ2) is 3.25. The molecule has 0 unspecified atom stereocenters. The van der Waals surface area contributed by atoms with Crippen LogP contribution in [0.1, 0.15) is 10.6 Å². The lowest BCUT2D eigenvalue weighted by Crippen LogP contribution is -1.98. The molecule has 0 saturated carbocycles. The molecule has 14 heavy (non-hydrogen) atoms. The smallest absolute Gasteiger partial charge is 0.375 e. The summed E-state index contributed by atoms with van der Waals surface area (Å²) >= 11 is 0. The summed E-state index contributed by atoms with van der Waals surface area (Å²) in [6.45, 7) is 0. The molecule has 0 aliphatic carbocycles. The van der Waals surface area contributed by atoms with Gasteiger partial charge in [0, 0.05) is 18.0 Å². The Balaban J connectivity index is 2.39. The van der Waals surface area contributed by atoms with E-state index in [0.717, 1.165) is 5.56 Å². The van der Waals surface area contributed by atoms with E-state index in [4.69, 9.17) is 5.11 Å². The molecule has 6 nitrogen and oxygen atoms in total. The number of carbonyl (C=O) groups is 1. The Morgan fingerprint density at radius 1 is 1.36 bits per heavy atom. The maximum Gasteiger partial charge on any atom is 0.375 e. The number of hydrogen-bond donors (Lipinski definition) is 2. The van der Waals surface area contributed by atoms with Crippen molar-refractivity contribution < 1.29 is 9.90 Å². The minimum atomic E-state index is -1.15. The zero-order chi connectivity index (χ0) is 9.97. The molecule has 2 heterocycles. The molecule has 2 aromatic heterocycles. The predicted octanol–water partition coefficient (Wildman–Crippen LogP) is 0.565. The number of nitrogens with one attached hydrogen (secondary N) is 1. The van der Waals surface area contributed by atoms with Crippen molar-refractivity contribution >= 4 is 5.97 Å². The molecule has 0 amide bonds. The van der Waals surface area contributed by atoms with Crippen LogP contribution in [0, 0.1) is 0 Å². The first-order valence-electron chi connectivity index (χ1n) is 3.83. The molecule has 2 aromatic rings. The average molecular weight is 190 g/mol. The Kier molecular flexibility index (Phi) is 1.94. The van der Waals surface area contributed by atoms with Crippen LogP contribution in [-0.2, 0) is 0 Å². The number of rotatable bonds is 2. The Bertz CT molecular complexity index is 451. The van der Waals surface area contributed by atoms with Crippen molar-refractivity contribution in [2.45, 2.75) is 0 Å². The summed E-state index contributed by atoms with van der Waals surface area (Å²) in [6.07, 6.45) is 3.19. The highest BCUT2D eigenvalue weighted by molar-refractivity contribution is 5.83. The number of carboxylic acid groups (broad SMARTS) is 1. The molecule has 0 aromatic carbocycles. The monoisotopic (exact) mass is 190 g/mol. The Hall–Kier alpha value is -2.24. The highest BCUT2D eigenvalue weighted by atomic mass is 16.4. The van der Waals surface area contributed by atoms with Crippen LogP contribution < -0.4 is 0 Å². The molecular formula is C8H6N4O2. The number of aromatic amines is 1. The van der Waals surface area contributed by atoms with Crippen LogP contribution in [-0.4, -0.2) is 31.2 Å². The minimum absolute atomic E-state index is 0.239. The van der Waals surface area contributed by atoms with Gasteiger partial charge in [0.25, 0.3) is 5.82 Å². The van der Waals surface area contributed by atoms with E-state index in [1.54, 1.807) is 24.5 Å². The van der Waals surface area contributed by atoms with Crippen molar-refractivity contribution in [1.82, 2.24) is 20.2 Å². The van der Waals surface area contributed by atoms with Gasteiger partial charge in [-0.25, -0.2) is 9.78 Å². The number of aromatic nitrogens is 4. The number of aromatic carboxylic acids is 1. The number of nitrogens with zero attached hydrogens (tertiary/aromatic N) is 3. The number of H-pyrrole nitrogens is 1. The molecule has 2 N–H and O–H groups in total. The van der Waals surface area contributed by atoms with Gasteiger partial charge in [0.05, 0.1) is 0 Å². The summed E-state index contributed by atoms with van der Waals surface area (Å²) in [5.41, 5.74) is 0.750. The van der Waals surface area contributed by atoms with E-state index >= 15 is 0 Å². The number of carboxylic acids is 1. The standard InChI is InChI=1S/C8H6N4O2/c13-8(14)7-10-6(11-12-7)5-1-3-9-4-2-5/h1-4H,(H,13,14)(H,10,11,12). The third-order valence-corrected chi connectivity index (χ3v) is 1.63. The fraction of sp³-hybridized carbons (Fsp3) is 0. The van der Waals surface area contributed by atoms with E-state index in [0.29, 0.717) is 5.82 Å². The number of pyridine rings is 1. The average Bonchev–Trinajstić information content (AvgIpc) is 2.68. The van der Waals surface area contributed by atoms with E-state index in [-0.39, 0.29) is 5.82 Å². The lowest BCUT2D eigenvalue weighted by molar-refractivity contribution is 0.0684. The van der Waals surface area contributed by atoms with Crippen molar-refractivity contribution in [3.63, 3.8) is 0 Å². The molecule has 0 aliphatic rings. The van der Waals surface area contributed by atoms with Crippen LogP contribution in [0.2, 0.25) is 0 Å². The van der Waals surface area contributed by atoms with E-state index in [2.05, 4.69) is 20.2 Å². The normalized spacial score (nSPS) is 10.0. The lowest BCUT2D eigenvalue weighted by Gasteiger charge is -1.91. The highest BCUT2D eigenvalue weighted by Crippen LogP contribution is 2.11. The van der Waals surface area contributed by atoms with Gasteiger partial charge in [-0.3, -0.25) is 10.1 Å². The van der Waals surface area contributed by atoms with Gasteiger partial charge >= 0.3 is 5.97 Å². The Labute approximate surface area is 78.6 Å². The molecule has 0 aliphatic heterocycles. The van der Waals surface area contributed by atoms with E-state index < -0.39 is 5.97 Å². The Morgan fingerprint density at radius 2 is 2.07 bits per heavy atom. The summed E-state index contributed by atoms with van der Waals surface area (Å²) in [5.74, 6) is -0.969. The quantitative estimate of drug-likeness (QED) is 0.722. The van der Waals surface area contributed by atoms with Gasteiger partial charge in [0.2, 0.25) is 0 Å². The first-order valence-corrected chi connectivity index (χ1v) is 3.83. The van der Waals surface area contributed by atoms with Crippen molar-refractivity contribution in [3.8, 4) is 11.4 Å². The van der Waals surface area contributed by atoms with Crippen molar-refractivity contribution in [1.29, 1.82) is 0 Å². The topological polar surface area (TPSA) is 91.8 Å². The first-order chi connectivity index (χ1) is 6.77. The third-order valence-electron chi connectivity index (χ3n) is 1.63. The van der Waals surface area contributed by atoms with Gasteiger partial charge in [-0.1, -0.05) is 0 Å². The summed E-state index contributed by atoms with van der Waals surface area (Å²) in [6, 6.07) is 3.43. The highest BCUT2D eigenvalue weighted by Gasteiger charge is 2.10. The third kappa shape index (κ3) is 1.45. The van der Waals surface area contributed by atoms with Gasteiger partial charge in [-0.05, 0) is 12.1 Å². The molecule has 70 valence electrons. The maximum atomic E-state index is 10.5. The van der Waals surface area contributed by atoms with Crippen LogP contribution >= 0.6 is 0 Å². The summed E-state index contributed by atoms with van der Waals surface area (Å²) in [4.78, 5) is 18.1. The summed E-state index contributed by atoms with van der Waals surface area (Å²) < 4.78 is 0. The fourth-order valence-electron chi connectivity index (χ4n) is 0.996. The Morgan fingerprint density at radius 3 is 2.64 bits per heavy atom. The fourth-order valence-corrected chi connectivity index (χ4v) is 0.996. The molecular weight excluding hydrogens is 184 g/mol. The van der Waals surface area contributed by atoms with Crippen LogP contribution in [0.15, 0.2) is 24.5 Å². The predicted molar refractivity (Wildman–Crippen MR) is 46.6 cm³/mol. The first kappa shape index (κ1) is 8.36. The SMILES string of the molecule is O=C(O)c1n[nH]c(-c2ccncc2)n1. The second-order valence-corrected chi connectivity index (χ2v) is 2.55. The van der Waals surface area contributed by atoms with Crippen molar-refractivity contribution in [3.05, 3.63) is 30.4 Å². The zero-order valence-corrected chi connectivity index (χ0v) is 7.01. The molecule has 0 atom stereocenters. The maximum absolute atomic E-state index is 10.5. The van der Waals surface area contributed by atoms with Crippen molar-refractivity contribution in [2.24, 2.45) is 0 Å². The van der Waals surface area contributed by atoms with Crippen LogP contribution in [0.5, 0.6) is 0 Å². The van der Waals surface area contributed by atoms with Crippen LogP contribution in [0.4, 0.5) is 0 Å². The van der Waals surface area contributed by atoms with E-state index in [1.165, 1.54) is 0 Å². The van der Waals surface area contributed by atoms with E-state index in [9.17, 15) is 4.79 Å².